The molecule has 3 heteroatoms. The van der Waals surface area contributed by atoms with Gasteiger partial charge in [0.2, 0.25) is 0 Å². The van der Waals surface area contributed by atoms with Gasteiger partial charge in [-0.3, -0.25) is 0 Å². The number of rotatable bonds is 5. The van der Waals surface area contributed by atoms with E-state index in [0.29, 0.717) is 24.4 Å². The van der Waals surface area contributed by atoms with Crippen LogP contribution in [0, 0.1) is 17.7 Å². The largest absolute Gasteiger partial charge is 0.490 e. The highest BCUT2D eigenvalue weighted by Crippen LogP contribution is 2.32. The summed E-state index contributed by atoms with van der Waals surface area (Å²) in [6.07, 6.45) is 6.26. The Morgan fingerprint density at radius 1 is 1.14 bits per heavy atom. The molecule has 0 bridgehead atoms. The van der Waals surface area contributed by atoms with Gasteiger partial charge in [-0.15, -0.1) is 0 Å². The Labute approximate surface area is 127 Å². The van der Waals surface area contributed by atoms with Crippen molar-refractivity contribution in [2.45, 2.75) is 64.6 Å². The van der Waals surface area contributed by atoms with Crippen molar-refractivity contribution in [1.29, 1.82) is 0 Å². The molecule has 0 aliphatic heterocycles. The Balaban J connectivity index is 1.67. The van der Waals surface area contributed by atoms with Gasteiger partial charge < -0.3 is 10.1 Å². The Morgan fingerprint density at radius 2 is 1.86 bits per heavy atom. The van der Waals surface area contributed by atoms with E-state index in [1.165, 1.54) is 25.3 Å². The molecule has 2 aliphatic carbocycles. The molecule has 2 unspecified atom stereocenters. The third kappa shape index (κ3) is 4.19. The zero-order valence-electron chi connectivity index (χ0n) is 13.1. The molecule has 2 nitrogen and oxygen atoms in total. The van der Waals surface area contributed by atoms with Gasteiger partial charge in [-0.1, -0.05) is 13.8 Å². The van der Waals surface area contributed by atoms with Crippen LogP contribution in [0.15, 0.2) is 18.2 Å². The first-order valence-corrected chi connectivity index (χ1v) is 8.28. The Kier molecular flexibility index (Phi) is 4.48. The Bertz CT molecular complexity index is 476. The molecule has 0 amide bonds. The second kappa shape index (κ2) is 6.35. The van der Waals surface area contributed by atoms with Gasteiger partial charge in [0.1, 0.15) is 11.6 Å². The maximum atomic E-state index is 13.5. The summed E-state index contributed by atoms with van der Waals surface area (Å²) >= 11 is 0. The van der Waals surface area contributed by atoms with Crippen molar-refractivity contribution < 1.29 is 9.13 Å². The average Bonchev–Trinajstić information content (AvgIpc) is 3.22. The standard InChI is InChI=1S/C18H26FNO/c1-12-7-13(2)9-17(8-12)21-18-6-3-15(19)10-14(18)11-20-16-4-5-16/h3,6,10,12-13,16-17,20H,4-5,7-9,11H2,1-2H3. The third-order valence-electron chi connectivity index (χ3n) is 4.61. The lowest BCUT2D eigenvalue weighted by molar-refractivity contribution is 0.0998. The minimum Gasteiger partial charge on any atom is -0.490 e. The zero-order valence-corrected chi connectivity index (χ0v) is 13.1. The predicted molar refractivity (Wildman–Crippen MR) is 82.9 cm³/mol. The monoisotopic (exact) mass is 291 g/mol. The van der Waals surface area contributed by atoms with Crippen molar-refractivity contribution in [3.8, 4) is 5.75 Å². The summed E-state index contributed by atoms with van der Waals surface area (Å²) in [5, 5.41) is 3.45. The summed E-state index contributed by atoms with van der Waals surface area (Å²) in [5.41, 5.74) is 0.952. The van der Waals surface area contributed by atoms with Gasteiger partial charge in [0.25, 0.3) is 0 Å². The number of ether oxygens (including phenoxy) is 1. The lowest BCUT2D eigenvalue weighted by atomic mass is 9.82. The van der Waals surface area contributed by atoms with Gasteiger partial charge in [0, 0.05) is 18.2 Å². The van der Waals surface area contributed by atoms with Crippen molar-refractivity contribution >= 4 is 0 Å². The predicted octanol–water partition coefficient (Wildman–Crippen LogP) is 4.28. The summed E-state index contributed by atoms with van der Waals surface area (Å²) < 4.78 is 19.7. The van der Waals surface area contributed by atoms with Crippen LogP contribution in [-0.4, -0.2) is 12.1 Å². The van der Waals surface area contributed by atoms with Crippen LogP contribution in [0.3, 0.4) is 0 Å². The van der Waals surface area contributed by atoms with E-state index in [4.69, 9.17) is 4.74 Å². The van der Waals surface area contributed by atoms with E-state index in [2.05, 4.69) is 19.2 Å². The highest BCUT2D eigenvalue weighted by molar-refractivity contribution is 5.34. The van der Waals surface area contributed by atoms with Gasteiger partial charge in [-0.25, -0.2) is 4.39 Å². The maximum absolute atomic E-state index is 13.5. The molecule has 1 aromatic rings. The molecule has 2 atom stereocenters. The number of benzene rings is 1. The Morgan fingerprint density at radius 3 is 2.52 bits per heavy atom. The number of halogens is 1. The van der Waals surface area contributed by atoms with Crippen LogP contribution in [0.1, 0.15) is 51.5 Å². The number of hydrogen-bond acceptors (Lipinski definition) is 2. The molecule has 0 aromatic heterocycles. The molecule has 2 fully saturated rings. The molecule has 0 spiro atoms. The number of nitrogens with one attached hydrogen (secondary N) is 1. The quantitative estimate of drug-likeness (QED) is 0.874. The van der Waals surface area contributed by atoms with Crippen LogP contribution in [0.4, 0.5) is 4.39 Å². The molecule has 2 aliphatic rings. The van der Waals surface area contributed by atoms with Crippen molar-refractivity contribution in [3.63, 3.8) is 0 Å². The topological polar surface area (TPSA) is 21.3 Å². The third-order valence-corrected chi connectivity index (χ3v) is 4.61. The molecule has 1 aromatic carbocycles. The van der Waals surface area contributed by atoms with Crippen LogP contribution in [0.2, 0.25) is 0 Å². The maximum Gasteiger partial charge on any atom is 0.124 e. The average molecular weight is 291 g/mol. The molecule has 2 saturated carbocycles. The van der Waals surface area contributed by atoms with Crippen molar-refractivity contribution in [2.75, 3.05) is 0 Å². The van der Waals surface area contributed by atoms with E-state index in [0.717, 1.165) is 24.2 Å². The molecule has 0 radical (unpaired) electrons. The molecule has 3 rings (SSSR count). The summed E-state index contributed by atoms with van der Waals surface area (Å²) in [6.45, 7) is 5.30. The second-order valence-electron chi connectivity index (χ2n) is 7.06. The van der Waals surface area contributed by atoms with E-state index in [9.17, 15) is 4.39 Å². The molecular formula is C18H26FNO. The van der Waals surface area contributed by atoms with E-state index in [-0.39, 0.29) is 11.9 Å². The fraction of sp³-hybridized carbons (Fsp3) is 0.667. The molecule has 0 saturated heterocycles. The molecule has 0 heterocycles. The second-order valence-corrected chi connectivity index (χ2v) is 7.06. The number of hydrogen-bond donors (Lipinski definition) is 1. The fourth-order valence-corrected chi connectivity index (χ4v) is 3.49. The van der Waals surface area contributed by atoms with Crippen molar-refractivity contribution in [3.05, 3.63) is 29.6 Å². The first kappa shape index (κ1) is 14.8. The van der Waals surface area contributed by atoms with Crippen LogP contribution in [0.25, 0.3) is 0 Å². The highest BCUT2D eigenvalue weighted by atomic mass is 19.1. The van der Waals surface area contributed by atoms with Gasteiger partial charge >= 0.3 is 0 Å². The minimum absolute atomic E-state index is 0.180. The normalized spacial score (nSPS) is 29.4. The van der Waals surface area contributed by atoms with Crippen LogP contribution in [0.5, 0.6) is 5.75 Å². The first-order chi connectivity index (χ1) is 10.1. The van der Waals surface area contributed by atoms with Gasteiger partial charge in [0.05, 0.1) is 6.10 Å². The SMILES string of the molecule is CC1CC(C)CC(Oc2ccc(F)cc2CNC2CC2)C1. The fourth-order valence-electron chi connectivity index (χ4n) is 3.49. The van der Waals surface area contributed by atoms with Crippen molar-refractivity contribution in [1.82, 2.24) is 5.32 Å². The first-order valence-electron chi connectivity index (χ1n) is 8.28. The summed E-state index contributed by atoms with van der Waals surface area (Å²) in [6, 6.07) is 5.53. The zero-order chi connectivity index (χ0) is 14.8. The highest BCUT2D eigenvalue weighted by Gasteiger charge is 2.26. The minimum atomic E-state index is -0.180. The Hall–Kier alpha value is -1.09. The molecule has 1 N–H and O–H groups in total. The van der Waals surface area contributed by atoms with Crippen molar-refractivity contribution in [2.24, 2.45) is 11.8 Å². The van der Waals surface area contributed by atoms with E-state index in [1.807, 2.05) is 0 Å². The van der Waals surface area contributed by atoms with Gasteiger partial charge in [-0.2, -0.15) is 0 Å². The smallest absolute Gasteiger partial charge is 0.124 e. The molecular weight excluding hydrogens is 265 g/mol. The van der Waals surface area contributed by atoms with Crippen LogP contribution < -0.4 is 10.1 Å². The summed E-state index contributed by atoms with van der Waals surface area (Å²) in [5.74, 6) is 2.11. The lowest BCUT2D eigenvalue weighted by Crippen LogP contribution is -2.29. The summed E-state index contributed by atoms with van der Waals surface area (Å²) in [7, 11) is 0. The van der Waals surface area contributed by atoms with E-state index in [1.54, 1.807) is 12.1 Å². The van der Waals surface area contributed by atoms with Gasteiger partial charge in [0.15, 0.2) is 0 Å². The van der Waals surface area contributed by atoms with E-state index >= 15 is 0 Å². The van der Waals surface area contributed by atoms with Crippen LogP contribution in [-0.2, 0) is 6.54 Å². The molecule has 21 heavy (non-hydrogen) atoms. The lowest BCUT2D eigenvalue weighted by Gasteiger charge is -2.32. The summed E-state index contributed by atoms with van der Waals surface area (Å²) in [4.78, 5) is 0. The van der Waals surface area contributed by atoms with Crippen LogP contribution >= 0.6 is 0 Å². The van der Waals surface area contributed by atoms with Gasteiger partial charge in [-0.05, 0) is 62.1 Å². The van der Waals surface area contributed by atoms with E-state index < -0.39 is 0 Å². The molecule has 116 valence electrons.